The molecule has 0 saturated heterocycles. The molecular formula is C6H12O5. The SMILES string of the molecule is CC(=O)OC[C@@H](O)[C@@H](O)CO. The van der Waals surface area contributed by atoms with Gasteiger partial charge in [0.1, 0.15) is 18.8 Å². The van der Waals surface area contributed by atoms with E-state index in [0.717, 1.165) is 0 Å². The van der Waals surface area contributed by atoms with E-state index in [0.29, 0.717) is 0 Å². The maximum Gasteiger partial charge on any atom is 0.302 e. The molecule has 0 aliphatic carbocycles. The summed E-state index contributed by atoms with van der Waals surface area (Å²) in [6, 6.07) is 0. The zero-order valence-corrected chi connectivity index (χ0v) is 6.23. The number of ether oxygens (including phenoxy) is 1. The highest BCUT2D eigenvalue weighted by Crippen LogP contribution is 1.93. The van der Waals surface area contributed by atoms with Crippen LogP contribution in [0.3, 0.4) is 0 Å². The minimum Gasteiger partial charge on any atom is -0.463 e. The van der Waals surface area contributed by atoms with Crippen molar-refractivity contribution < 1.29 is 24.9 Å². The Labute approximate surface area is 64.2 Å². The molecule has 0 amide bonds. The van der Waals surface area contributed by atoms with E-state index in [4.69, 9.17) is 15.3 Å². The van der Waals surface area contributed by atoms with Gasteiger partial charge in [-0.1, -0.05) is 0 Å². The summed E-state index contributed by atoms with van der Waals surface area (Å²) in [7, 11) is 0. The molecule has 66 valence electrons. The molecule has 0 bridgehead atoms. The topological polar surface area (TPSA) is 87.0 Å². The Balaban J connectivity index is 3.51. The summed E-state index contributed by atoms with van der Waals surface area (Å²) in [6.07, 6.45) is -2.47. The third-order valence-corrected chi connectivity index (χ3v) is 1.09. The van der Waals surface area contributed by atoms with Gasteiger partial charge < -0.3 is 20.1 Å². The van der Waals surface area contributed by atoms with Crippen LogP contribution in [0.1, 0.15) is 6.92 Å². The molecule has 0 aliphatic heterocycles. The summed E-state index contributed by atoms with van der Waals surface area (Å²) in [6.45, 7) is 0.345. The molecule has 0 aliphatic rings. The third-order valence-electron chi connectivity index (χ3n) is 1.09. The zero-order chi connectivity index (χ0) is 8.85. The maximum absolute atomic E-state index is 10.2. The highest BCUT2D eigenvalue weighted by molar-refractivity contribution is 5.65. The molecule has 0 rings (SSSR count). The number of carbonyl (C=O) groups is 1. The molecule has 0 radical (unpaired) electrons. The van der Waals surface area contributed by atoms with E-state index < -0.39 is 24.8 Å². The second-order valence-electron chi connectivity index (χ2n) is 2.12. The largest absolute Gasteiger partial charge is 0.463 e. The van der Waals surface area contributed by atoms with Gasteiger partial charge in [0, 0.05) is 6.92 Å². The van der Waals surface area contributed by atoms with Gasteiger partial charge in [-0.3, -0.25) is 4.79 Å². The molecule has 5 nitrogen and oxygen atoms in total. The predicted octanol–water partition coefficient (Wildman–Crippen LogP) is -1.74. The number of aliphatic hydroxyl groups excluding tert-OH is 3. The first-order chi connectivity index (χ1) is 5.07. The van der Waals surface area contributed by atoms with Gasteiger partial charge in [-0.25, -0.2) is 0 Å². The summed E-state index contributed by atoms with van der Waals surface area (Å²) in [5, 5.41) is 25.9. The first-order valence-electron chi connectivity index (χ1n) is 3.18. The lowest BCUT2D eigenvalue weighted by atomic mass is 10.2. The third kappa shape index (κ3) is 4.72. The van der Waals surface area contributed by atoms with E-state index in [2.05, 4.69) is 4.74 Å². The van der Waals surface area contributed by atoms with Crippen LogP contribution in [-0.2, 0) is 9.53 Å². The van der Waals surface area contributed by atoms with Gasteiger partial charge in [0.2, 0.25) is 0 Å². The molecule has 0 unspecified atom stereocenters. The normalized spacial score (nSPS) is 15.6. The van der Waals surface area contributed by atoms with Crippen molar-refractivity contribution in [2.24, 2.45) is 0 Å². The fourth-order valence-corrected chi connectivity index (χ4v) is 0.435. The summed E-state index contributed by atoms with van der Waals surface area (Å²) >= 11 is 0. The Kier molecular flexibility index (Phi) is 4.76. The Morgan fingerprint density at radius 3 is 2.36 bits per heavy atom. The number of aliphatic hydroxyl groups is 3. The van der Waals surface area contributed by atoms with E-state index in [-0.39, 0.29) is 6.61 Å². The lowest BCUT2D eigenvalue weighted by Crippen LogP contribution is -2.33. The predicted molar refractivity (Wildman–Crippen MR) is 35.7 cm³/mol. The minimum atomic E-state index is -1.26. The molecule has 0 saturated carbocycles. The summed E-state index contributed by atoms with van der Waals surface area (Å²) < 4.78 is 4.37. The first kappa shape index (κ1) is 10.3. The van der Waals surface area contributed by atoms with Gasteiger partial charge in [-0.05, 0) is 0 Å². The lowest BCUT2D eigenvalue weighted by Gasteiger charge is -2.14. The van der Waals surface area contributed by atoms with Crippen LogP contribution in [0.15, 0.2) is 0 Å². The van der Waals surface area contributed by atoms with Crippen molar-refractivity contribution in [3.63, 3.8) is 0 Å². The van der Waals surface area contributed by atoms with Gasteiger partial charge in [0.15, 0.2) is 0 Å². The van der Waals surface area contributed by atoms with Crippen molar-refractivity contribution in [2.75, 3.05) is 13.2 Å². The fraction of sp³-hybridized carbons (Fsp3) is 0.833. The van der Waals surface area contributed by atoms with Gasteiger partial charge in [-0.15, -0.1) is 0 Å². The van der Waals surface area contributed by atoms with Crippen LogP contribution in [0.25, 0.3) is 0 Å². The molecule has 3 N–H and O–H groups in total. The van der Waals surface area contributed by atoms with Crippen molar-refractivity contribution >= 4 is 5.97 Å². The Hall–Kier alpha value is -0.650. The fourth-order valence-electron chi connectivity index (χ4n) is 0.435. The van der Waals surface area contributed by atoms with E-state index in [1.54, 1.807) is 0 Å². The van der Waals surface area contributed by atoms with Crippen LogP contribution >= 0.6 is 0 Å². The van der Waals surface area contributed by atoms with Crippen molar-refractivity contribution in [1.82, 2.24) is 0 Å². The Morgan fingerprint density at radius 1 is 1.45 bits per heavy atom. The Bertz CT molecular complexity index is 124. The average Bonchev–Trinajstić information content (AvgIpc) is 1.98. The minimum absolute atomic E-state index is 0.295. The lowest BCUT2D eigenvalue weighted by molar-refractivity contribution is -0.147. The van der Waals surface area contributed by atoms with Crippen LogP contribution in [0.5, 0.6) is 0 Å². The van der Waals surface area contributed by atoms with Crippen LogP contribution < -0.4 is 0 Å². The molecule has 11 heavy (non-hydrogen) atoms. The molecule has 2 atom stereocenters. The molecule has 0 heterocycles. The smallest absolute Gasteiger partial charge is 0.302 e. The van der Waals surface area contributed by atoms with E-state index in [1.165, 1.54) is 6.92 Å². The number of carbonyl (C=O) groups excluding carboxylic acids is 1. The van der Waals surface area contributed by atoms with E-state index in [9.17, 15) is 4.79 Å². The number of esters is 1. The summed E-state index contributed by atoms with van der Waals surface area (Å²) in [5.41, 5.74) is 0. The van der Waals surface area contributed by atoms with Crippen molar-refractivity contribution in [1.29, 1.82) is 0 Å². The van der Waals surface area contributed by atoms with Gasteiger partial charge in [-0.2, -0.15) is 0 Å². The van der Waals surface area contributed by atoms with Crippen LogP contribution in [0, 0.1) is 0 Å². The molecule has 0 spiro atoms. The number of hydrogen-bond acceptors (Lipinski definition) is 5. The number of hydrogen-bond donors (Lipinski definition) is 3. The van der Waals surface area contributed by atoms with Crippen molar-refractivity contribution in [3.05, 3.63) is 0 Å². The van der Waals surface area contributed by atoms with Gasteiger partial charge >= 0.3 is 5.97 Å². The molecule has 5 heteroatoms. The molecule has 0 aromatic heterocycles. The van der Waals surface area contributed by atoms with E-state index >= 15 is 0 Å². The first-order valence-corrected chi connectivity index (χ1v) is 3.18. The molecule has 0 aromatic rings. The second kappa shape index (κ2) is 5.06. The van der Waals surface area contributed by atoms with Crippen molar-refractivity contribution in [2.45, 2.75) is 19.1 Å². The highest BCUT2D eigenvalue weighted by atomic mass is 16.5. The molecular weight excluding hydrogens is 152 g/mol. The zero-order valence-electron chi connectivity index (χ0n) is 6.23. The van der Waals surface area contributed by atoms with Crippen LogP contribution in [0.2, 0.25) is 0 Å². The average molecular weight is 164 g/mol. The van der Waals surface area contributed by atoms with E-state index in [1.807, 2.05) is 0 Å². The summed E-state index contributed by atoms with van der Waals surface area (Å²) in [4.78, 5) is 10.2. The van der Waals surface area contributed by atoms with Gasteiger partial charge in [0.05, 0.1) is 6.61 Å². The summed E-state index contributed by atoms with van der Waals surface area (Å²) in [5.74, 6) is -0.533. The molecule has 0 fully saturated rings. The van der Waals surface area contributed by atoms with Gasteiger partial charge in [0.25, 0.3) is 0 Å². The van der Waals surface area contributed by atoms with Crippen LogP contribution in [0.4, 0.5) is 0 Å². The van der Waals surface area contributed by atoms with Crippen molar-refractivity contribution in [3.8, 4) is 0 Å². The quantitative estimate of drug-likeness (QED) is 0.429. The second-order valence-corrected chi connectivity index (χ2v) is 2.12. The highest BCUT2D eigenvalue weighted by Gasteiger charge is 2.15. The molecule has 0 aromatic carbocycles. The number of rotatable bonds is 4. The van der Waals surface area contributed by atoms with Crippen LogP contribution in [-0.4, -0.2) is 46.7 Å². The maximum atomic E-state index is 10.2. The monoisotopic (exact) mass is 164 g/mol. The Morgan fingerprint density at radius 2 is 2.00 bits per heavy atom. The standard InChI is InChI=1S/C6H12O5/c1-4(8)11-3-6(10)5(9)2-7/h5-7,9-10H,2-3H2,1H3/t5-,6+/m0/s1.